The minimum Gasteiger partial charge on any atom is -0.444 e. The third-order valence-electron chi connectivity index (χ3n) is 1.45. The Hall–Kier alpha value is -0.580. The van der Waals surface area contributed by atoms with Gasteiger partial charge in [-0.05, 0) is 27.7 Å². The summed E-state index contributed by atoms with van der Waals surface area (Å²) >= 11 is 3.06. The average molecular weight is 280 g/mol. The van der Waals surface area contributed by atoms with Gasteiger partial charge in [0.2, 0.25) is 0 Å². The fraction of sp³-hybridized carbons (Fsp3) is 0.800. The van der Waals surface area contributed by atoms with E-state index in [0.29, 0.717) is 11.8 Å². The summed E-state index contributed by atoms with van der Waals surface area (Å²) in [6.45, 7) is 7.15. The zero-order valence-electron chi connectivity index (χ0n) is 9.59. The van der Waals surface area contributed by atoms with Crippen molar-refractivity contribution in [2.45, 2.75) is 45.8 Å². The summed E-state index contributed by atoms with van der Waals surface area (Å²) in [7, 11) is 0. The Labute approximate surface area is 98.9 Å². The monoisotopic (exact) mass is 279 g/mol. The highest BCUT2D eigenvalue weighted by Gasteiger charge is 2.18. The molecule has 0 bridgehead atoms. The van der Waals surface area contributed by atoms with E-state index in [2.05, 4.69) is 21.2 Å². The lowest BCUT2D eigenvalue weighted by atomic mass is 10.2. The molecule has 0 aromatic rings. The van der Waals surface area contributed by atoms with Crippen LogP contribution in [0.15, 0.2) is 0 Å². The van der Waals surface area contributed by atoms with Crippen molar-refractivity contribution in [3.05, 3.63) is 0 Å². The Bertz CT molecular complexity index is 235. The maximum atomic E-state index is 11.3. The highest BCUT2D eigenvalue weighted by Crippen LogP contribution is 2.07. The van der Waals surface area contributed by atoms with Crippen molar-refractivity contribution in [3.8, 4) is 0 Å². The topological polar surface area (TPSA) is 55.4 Å². The Morgan fingerprint density at radius 1 is 1.40 bits per heavy atom. The molecule has 1 N–H and O–H groups in total. The lowest BCUT2D eigenvalue weighted by molar-refractivity contribution is -0.116. The molecule has 0 rings (SSSR count). The smallest absolute Gasteiger partial charge is 0.407 e. The lowest BCUT2D eigenvalue weighted by Crippen LogP contribution is -2.38. The van der Waals surface area contributed by atoms with Gasteiger partial charge in [0, 0.05) is 12.5 Å². The standard InChI is InChI=1S/C10H18BrNO3/c1-7(5-8(13)6-11)12-9(14)15-10(2,3)4/h7H,5-6H2,1-4H3,(H,12,14). The van der Waals surface area contributed by atoms with Gasteiger partial charge in [-0.2, -0.15) is 0 Å². The number of alkyl halides is 1. The molecule has 4 nitrogen and oxygen atoms in total. The van der Waals surface area contributed by atoms with Crippen LogP contribution in [-0.2, 0) is 9.53 Å². The van der Waals surface area contributed by atoms with Gasteiger partial charge in [0.1, 0.15) is 11.4 Å². The van der Waals surface area contributed by atoms with Gasteiger partial charge >= 0.3 is 6.09 Å². The second kappa shape index (κ2) is 6.10. The number of rotatable bonds is 4. The number of Topliss-reactive ketones (excluding diaryl/α,β-unsaturated/α-hetero) is 1. The fourth-order valence-corrected chi connectivity index (χ4v) is 1.18. The predicted octanol–water partition coefficient (Wildman–Crippen LogP) is 2.25. The summed E-state index contributed by atoms with van der Waals surface area (Å²) in [4.78, 5) is 22.3. The first kappa shape index (κ1) is 14.4. The number of hydrogen-bond acceptors (Lipinski definition) is 3. The van der Waals surface area contributed by atoms with Gasteiger partial charge in [0.15, 0.2) is 0 Å². The molecule has 0 aromatic carbocycles. The summed E-state index contributed by atoms with van der Waals surface area (Å²) in [6.07, 6.45) is -0.179. The van der Waals surface area contributed by atoms with Gasteiger partial charge < -0.3 is 10.1 Å². The Morgan fingerprint density at radius 3 is 2.33 bits per heavy atom. The molecule has 0 aliphatic heterocycles. The average Bonchev–Trinajstić information content (AvgIpc) is 1.99. The quantitative estimate of drug-likeness (QED) is 0.803. The largest absolute Gasteiger partial charge is 0.444 e. The molecule has 0 heterocycles. The van der Waals surface area contributed by atoms with Gasteiger partial charge in [0.25, 0.3) is 0 Å². The Kier molecular flexibility index (Phi) is 5.87. The maximum Gasteiger partial charge on any atom is 0.407 e. The molecule has 0 aliphatic carbocycles. The van der Waals surface area contributed by atoms with Crippen molar-refractivity contribution in [1.82, 2.24) is 5.32 Å². The van der Waals surface area contributed by atoms with Crippen molar-refractivity contribution in [3.63, 3.8) is 0 Å². The van der Waals surface area contributed by atoms with Crippen LogP contribution in [-0.4, -0.2) is 28.8 Å². The molecular formula is C10H18BrNO3. The number of halogens is 1. The first-order valence-electron chi connectivity index (χ1n) is 4.82. The molecule has 5 heteroatoms. The van der Waals surface area contributed by atoms with E-state index in [1.165, 1.54) is 0 Å². The van der Waals surface area contributed by atoms with Crippen LogP contribution in [0.5, 0.6) is 0 Å². The third-order valence-corrected chi connectivity index (χ3v) is 2.07. The molecule has 0 aromatic heterocycles. The third kappa shape index (κ3) is 8.42. The molecule has 0 aliphatic rings. The second-order valence-corrected chi connectivity index (χ2v) is 4.98. The fourth-order valence-electron chi connectivity index (χ4n) is 0.956. The van der Waals surface area contributed by atoms with Crippen molar-refractivity contribution >= 4 is 27.8 Å². The van der Waals surface area contributed by atoms with Crippen molar-refractivity contribution in [2.75, 3.05) is 5.33 Å². The molecule has 88 valence electrons. The van der Waals surface area contributed by atoms with Crippen LogP contribution in [0, 0.1) is 0 Å². The van der Waals surface area contributed by atoms with Crippen LogP contribution in [0.1, 0.15) is 34.1 Å². The van der Waals surface area contributed by atoms with E-state index in [0.717, 1.165) is 0 Å². The van der Waals surface area contributed by atoms with Gasteiger partial charge in [-0.25, -0.2) is 4.79 Å². The summed E-state index contributed by atoms with van der Waals surface area (Å²) in [5.74, 6) is 0.0542. The lowest BCUT2D eigenvalue weighted by Gasteiger charge is -2.21. The number of ether oxygens (including phenoxy) is 1. The number of nitrogens with one attached hydrogen (secondary N) is 1. The zero-order valence-corrected chi connectivity index (χ0v) is 11.2. The molecule has 1 atom stereocenters. The van der Waals surface area contributed by atoms with E-state index in [1.54, 1.807) is 27.7 Å². The van der Waals surface area contributed by atoms with Crippen LogP contribution < -0.4 is 5.32 Å². The van der Waals surface area contributed by atoms with Crippen molar-refractivity contribution < 1.29 is 14.3 Å². The SMILES string of the molecule is CC(CC(=O)CBr)NC(=O)OC(C)(C)C. The van der Waals surface area contributed by atoms with Gasteiger partial charge in [-0.1, -0.05) is 15.9 Å². The van der Waals surface area contributed by atoms with Crippen LogP contribution in [0.25, 0.3) is 0 Å². The Balaban J connectivity index is 3.92. The molecular weight excluding hydrogens is 262 g/mol. The number of hydrogen-bond donors (Lipinski definition) is 1. The molecule has 0 saturated heterocycles. The van der Waals surface area contributed by atoms with Crippen LogP contribution >= 0.6 is 15.9 Å². The highest BCUT2D eigenvalue weighted by molar-refractivity contribution is 9.09. The summed E-state index contributed by atoms with van der Waals surface area (Å²) in [6, 6.07) is -0.204. The van der Waals surface area contributed by atoms with Gasteiger partial charge in [-0.15, -0.1) is 0 Å². The second-order valence-electron chi connectivity index (χ2n) is 4.42. The van der Waals surface area contributed by atoms with Crippen LogP contribution in [0.4, 0.5) is 4.79 Å². The summed E-state index contributed by atoms with van der Waals surface area (Å²) < 4.78 is 5.05. The summed E-state index contributed by atoms with van der Waals surface area (Å²) in [5, 5.41) is 2.91. The minimum atomic E-state index is -0.511. The highest BCUT2D eigenvalue weighted by atomic mass is 79.9. The van der Waals surface area contributed by atoms with Crippen molar-refractivity contribution in [2.24, 2.45) is 0 Å². The number of ketones is 1. The van der Waals surface area contributed by atoms with E-state index in [9.17, 15) is 9.59 Å². The molecule has 1 amide bonds. The van der Waals surface area contributed by atoms with E-state index in [1.807, 2.05) is 0 Å². The number of carbonyl (C=O) groups is 2. The first-order chi connectivity index (χ1) is 6.74. The molecule has 1 unspecified atom stereocenters. The van der Waals surface area contributed by atoms with Gasteiger partial charge in [0.05, 0.1) is 5.33 Å². The van der Waals surface area contributed by atoms with E-state index < -0.39 is 11.7 Å². The minimum absolute atomic E-state index is 0.0542. The molecule has 0 radical (unpaired) electrons. The molecule has 0 spiro atoms. The van der Waals surface area contributed by atoms with E-state index in [4.69, 9.17) is 4.74 Å². The van der Waals surface area contributed by atoms with Gasteiger partial charge in [-0.3, -0.25) is 4.79 Å². The molecule has 15 heavy (non-hydrogen) atoms. The molecule has 0 fully saturated rings. The molecule has 0 saturated carbocycles. The Morgan fingerprint density at radius 2 is 1.93 bits per heavy atom. The maximum absolute atomic E-state index is 11.3. The number of carbonyl (C=O) groups excluding carboxylic acids is 2. The van der Waals surface area contributed by atoms with Crippen LogP contribution in [0.2, 0.25) is 0 Å². The van der Waals surface area contributed by atoms with Crippen molar-refractivity contribution in [1.29, 1.82) is 0 Å². The van der Waals surface area contributed by atoms with Crippen LogP contribution in [0.3, 0.4) is 0 Å². The number of alkyl carbamates (subject to hydrolysis) is 1. The summed E-state index contributed by atoms with van der Waals surface area (Å²) in [5.41, 5.74) is -0.511. The predicted molar refractivity (Wildman–Crippen MR) is 62.2 cm³/mol. The first-order valence-corrected chi connectivity index (χ1v) is 5.94. The van der Waals surface area contributed by atoms with E-state index >= 15 is 0 Å². The van der Waals surface area contributed by atoms with E-state index in [-0.39, 0.29) is 11.8 Å². The number of amides is 1. The zero-order chi connectivity index (χ0) is 12.1. The normalized spacial score (nSPS) is 13.1.